The van der Waals surface area contributed by atoms with Gasteiger partial charge in [0.25, 0.3) is 5.91 Å². The molecule has 0 bridgehead atoms. The van der Waals surface area contributed by atoms with Crippen molar-refractivity contribution in [3.63, 3.8) is 0 Å². The lowest BCUT2D eigenvalue weighted by atomic mass is 9.85. The zero-order valence-electron chi connectivity index (χ0n) is 10.5. The number of nitrogens with zero attached hydrogens (tertiary/aromatic N) is 1. The third-order valence-electron chi connectivity index (χ3n) is 3.43. The van der Waals surface area contributed by atoms with E-state index in [9.17, 15) is 14.7 Å². The fourth-order valence-corrected chi connectivity index (χ4v) is 2.34. The van der Waals surface area contributed by atoms with E-state index >= 15 is 0 Å². The first-order valence-electron chi connectivity index (χ1n) is 6.29. The van der Waals surface area contributed by atoms with Crippen LogP contribution in [-0.4, -0.2) is 44.2 Å². The van der Waals surface area contributed by atoms with Crippen molar-refractivity contribution in [2.75, 3.05) is 6.54 Å². The summed E-state index contributed by atoms with van der Waals surface area (Å²) in [6.07, 6.45) is 5.44. The molecule has 0 aliphatic heterocycles. The smallest absolute Gasteiger partial charge is 0.354 e. The number of aromatic amines is 1. The average Bonchev–Trinajstić information content (AvgIpc) is 2.86. The number of carbonyl (C=O) groups excluding carboxylic acids is 1. The van der Waals surface area contributed by atoms with Crippen LogP contribution in [0.25, 0.3) is 0 Å². The zero-order chi connectivity index (χ0) is 13.9. The molecule has 1 amide bonds. The molecule has 7 nitrogen and oxygen atoms in total. The Labute approximate surface area is 110 Å². The number of H-pyrrole nitrogens is 1. The molecule has 0 unspecified atom stereocenters. The maximum Gasteiger partial charge on any atom is 0.354 e. The van der Waals surface area contributed by atoms with Crippen molar-refractivity contribution >= 4 is 11.9 Å². The highest BCUT2D eigenvalue weighted by molar-refractivity contribution is 6.02. The number of imidazole rings is 1. The number of aliphatic hydroxyl groups is 1. The molecule has 0 spiro atoms. The van der Waals surface area contributed by atoms with E-state index in [2.05, 4.69) is 15.3 Å². The van der Waals surface area contributed by atoms with Gasteiger partial charge in [-0.2, -0.15) is 0 Å². The molecule has 1 heterocycles. The maximum atomic E-state index is 11.8. The minimum Gasteiger partial charge on any atom is -0.477 e. The normalized spacial score (nSPS) is 17.9. The largest absolute Gasteiger partial charge is 0.477 e. The summed E-state index contributed by atoms with van der Waals surface area (Å²) in [6.45, 7) is 0.123. The summed E-state index contributed by atoms with van der Waals surface area (Å²) >= 11 is 0. The van der Waals surface area contributed by atoms with Gasteiger partial charge in [-0.3, -0.25) is 4.79 Å². The third-order valence-corrected chi connectivity index (χ3v) is 3.43. The number of hydrogen-bond donors (Lipinski definition) is 4. The second-order valence-corrected chi connectivity index (χ2v) is 4.90. The van der Waals surface area contributed by atoms with E-state index in [0.717, 1.165) is 25.6 Å². The number of aromatic nitrogens is 2. The molecule has 7 heteroatoms. The summed E-state index contributed by atoms with van der Waals surface area (Å²) < 4.78 is 0. The molecule has 1 saturated carbocycles. The first-order valence-corrected chi connectivity index (χ1v) is 6.29. The molecule has 4 N–H and O–H groups in total. The lowest BCUT2D eigenvalue weighted by molar-refractivity contribution is 0.00521. The van der Waals surface area contributed by atoms with Gasteiger partial charge in [0.05, 0.1) is 11.9 Å². The van der Waals surface area contributed by atoms with Gasteiger partial charge < -0.3 is 20.5 Å². The fraction of sp³-hybridized carbons (Fsp3) is 0.583. The minimum absolute atomic E-state index is 0.123. The first kappa shape index (κ1) is 13.5. The summed E-state index contributed by atoms with van der Waals surface area (Å²) in [4.78, 5) is 28.8. The van der Waals surface area contributed by atoms with Crippen molar-refractivity contribution in [3.05, 3.63) is 17.7 Å². The van der Waals surface area contributed by atoms with Crippen LogP contribution >= 0.6 is 0 Å². The quantitative estimate of drug-likeness (QED) is 0.635. The van der Waals surface area contributed by atoms with Gasteiger partial charge in [0.15, 0.2) is 11.4 Å². The van der Waals surface area contributed by atoms with Gasteiger partial charge in [0.2, 0.25) is 0 Å². The van der Waals surface area contributed by atoms with Crippen molar-refractivity contribution in [3.8, 4) is 0 Å². The third kappa shape index (κ3) is 3.11. The Morgan fingerprint density at radius 2 is 2.05 bits per heavy atom. The molecule has 1 aromatic heterocycles. The molecule has 0 atom stereocenters. The summed E-state index contributed by atoms with van der Waals surface area (Å²) in [5.74, 6) is -1.82. The summed E-state index contributed by atoms with van der Waals surface area (Å²) in [5, 5.41) is 21.7. The van der Waals surface area contributed by atoms with Crippen LogP contribution in [0.5, 0.6) is 0 Å². The van der Waals surface area contributed by atoms with Crippen molar-refractivity contribution in [2.45, 2.75) is 37.7 Å². The van der Waals surface area contributed by atoms with Gasteiger partial charge >= 0.3 is 5.97 Å². The zero-order valence-corrected chi connectivity index (χ0v) is 10.5. The van der Waals surface area contributed by atoms with E-state index in [-0.39, 0.29) is 17.9 Å². The number of carboxylic acid groups (broad SMARTS) is 1. The lowest BCUT2D eigenvalue weighted by Crippen LogP contribution is -2.44. The average molecular weight is 267 g/mol. The Bertz CT molecular complexity index is 477. The first-order chi connectivity index (χ1) is 9.02. The van der Waals surface area contributed by atoms with Gasteiger partial charge in [0, 0.05) is 6.54 Å². The Hall–Kier alpha value is -1.89. The number of carbonyl (C=O) groups is 2. The topological polar surface area (TPSA) is 115 Å². The van der Waals surface area contributed by atoms with Gasteiger partial charge in [-0.1, -0.05) is 19.3 Å². The van der Waals surface area contributed by atoms with Crippen molar-refractivity contribution in [2.24, 2.45) is 0 Å². The van der Waals surface area contributed by atoms with E-state index in [4.69, 9.17) is 5.11 Å². The molecular weight excluding hydrogens is 250 g/mol. The number of nitrogens with one attached hydrogen (secondary N) is 2. The van der Waals surface area contributed by atoms with Gasteiger partial charge in [-0.05, 0) is 12.8 Å². The van der Waals surface area contributed by atoms with Gasteiger partial charge in [-0.15, -0.1) is 0 Å². The van der Waals surface area contributed by atoms with Crippen LogP contribution in [0.1, 0.15) is 53.1 Å². The Kier molecular flexibility index (Phi) is 3.84. The molecule has 1 aliphatic carbocycles. The molecule has 0 saturated heterocycles. The number of rotatable bonds is 4. The summed E-state index contributed by atoms with van der Waals surface area (Å²) in [6, 6.07) is 0. The Morgan fingerprint density at radius 1 is 1.37 bits per heavy atom. The molecule has 0 radical (unpaired) electrons. The molecule has 1 aromatic rings. The van der Waals surface area contributed by atoms with E-state index in [1.807, 2.05) is 0 Å². The summed E-state index contributed by atoms with van der Waals surface area (Å²) in [7, 11) is 0. The Morgan fingerprint density at radius 3 is 2.68 bits per heavy atom. The summed E-state index contributed by atoms with van der Waals surface area (Å²) in [5.41, 5.74) is -1.28. The number of hydrogen-bond acceptors (Lipinski definition) is 4. The van der Waals surface area contributed by atoms with Crippen LogP contribution in [0.15, 0.2) is 6.33 Å². The predicted molar refractivity (Wildman–Crippen MR) is 65.9 cm³/mol. The standard InChI is InChI=1S/C12H17N3O4/c16-10(8-9(11(17)18)15-7-14-8)13-6-12(19)4-2-1-3-5-12/h7,19H,1-6H2,(H,13,16)(H,14,15)(H,17,18). The SMILES string of the molecule is O=C(NCC1(O)CCCCC1)c1nc[nH]c1C(=O)O. The van der Waals surface area contributed by atoms with Crippen molar-refractivity contribution in [1.82, 2.24) is 15.3 Å². The van der Waals surface area contributed by atoms with Crippen molar-refractivity contribution in [1.29, 1.82) is 0 Å². The van der Waals surface area contributed by atoms with E-state index in [1.54, 1.807) is 0 Å². The predicted octanol–water partition coefficient (Wildman–Crippen LogP) is 0.533. The van der Waals surface area contributed by atoms with Crippen LogP contribution in [0.3, 0.4) is 0 Å². The van der Waals surface area contributed by atoms with E-state index in [1.165, 1.54) is 0 Å². The molecular formula is C12H17N3O4. The van der Waals surface area contributed by atoms with Crippen LogP contribution in [-0.2, 0) is 0 Å². The van der Waals surface area contributed by atoms with Crippen LogP contribution < -0.4 is 5.32 Å². The highest BCUT2D eigenvalue weighted by atomic mass is 16.4. The second-order valence-electron chi connectivity index (χ2n) is 4.90. The monoisotopic (exact) mass is 267 g/mol. The van der Waals surface area contributed by atoms with Gasteiger partial charge in [-0.25, -0.2) is 9.78 Å². The van der Waals surface area contributed by atoms with Crippen LogP contribution in [0.4, 0.5) is 0 Å². The maximum absolute atomic E-state index is 11.8. The van der Waals surface area contributed by atoms with E-state index in [0.29, 0.717) is 12.8 Å². The van der Waals surface area contributed by atoms with Crippen molar-refractivity contribution < 1.29 is 19.8 Å². The van der Waals surface area contributed by atoms with Crippen LogP contribution in [0.2, 0.25) is 0 Å². The number of amides is 1. The second kappa shape index (κ2) is 5.40. The highest BCUT2D eigenvalue weighted by Gasteiger charge is 2.30. The molecule has 2 rings (SSSR count). The molecule has 1 aliphatic rings. The van der Waals surface area contributed by atoms with Crippen LogP contribution in [0, 0.1) is 0 Å². The highest BCUT2D eigenvalue weighted by Crippen LogP contribution is 2.27. The fourth-order valence-electron chi connectivity index (χ4n) is 2.34. The Balaban J connectivity index is 1.97. The van der Waals surface area contributed by atoms with E-state index < -0.39 is 17.5 Å². The van der Waals surface area contributed by atoms with Gasteiger partial charge in [0.1, 0.15) is 0 Å². The molecule has 19 heavy (non-hydrogen) atoms. The minimum atomic E-state index is -1.24. The number of aromatic carboxylic acids is 1. The molecule has 104 valence electrons. The lowest BCUT2D eigenvalue weighted by Gasteiger charge is -2.31. The molecule has 0 aromatic carbocycles. The number of carboxylic acids is 1. The molecule has 1 fully saturated rings.